The Kier molecular flexibility index (Phi) is 2.78. The van der Waals surface area contributed by atoms with E-state index < -0.39 is 0 Å². The van der Waals surface area contributed by atoms with Gasteiger partial charge in [-0.15, -0.1) is 0 Å². The molecule has 0 aliphatic carbocycles. The lowest BCUT2D eigenvalue weighted by Gasteiger charge is -2.27. The highest BCUT2D eigenvalue weighted by atomic mass is 15.5. The SMILES string of the molecule is Nc1cncnc1NN1CCCCC1. The van der Waals surface area contributed by atoms with Crippen molar-refractivity contribution in [3.05, 3.63) is 12.5 Å². The number of anilines is 2. The molecular formula is C9H15N5. The van der Waals surface area contributed by atoms with Crippen LogP contribution < -0.4 is 11.2 Å². The maximum atomic E-state index is 5.72. The third kappa shape index (κ3) is 2.11. The van der Waals surface area contributed by atoms with Crippen LogP contribution in [0.2, 0.25) is 0 Å². The van der Waals surface area contributed by atoms with Gasteiger partial charge in [-0.1, -0.05) is 6.42 Å². The first-order chi connectivity index (χ1) is 6.86. The molecule has 0 aromatic carbocycles. The average molecular weight is 193 g/mol. The van der Waals surface area contributed by atoms with E-state index in [2.05, 4.69) is 20.4 Å². The van der Waals surface area contributed by atoms with E-state index in [0.29, 0.717) is 11.5 Å². The predicted octanol–water partition coefficient (Wildman–Crippen LogP) is 0.872. The molecule has 2 rings (SSSR count). The predicted molar refractivity (Wildman–Crippen MR) is 55.5 cm³/mol. The molecule has 0 atom stereocenters. The standard InChI is InChI=1S/C9H15N5/c10-8-6-11-7-12-9(8)13-14-4-2-1-3-5-14/h6-7H,1-5,10H2,(H,11,12,13). The summed E-state index contributed by atoms with van der Waals surface area (Å²) < 4.78 is 0. The van der Waals surface area contributed by atoms with Crippen molar-refractivity contribution < 1.29 is 0 Å². The number of hydrazine groups is 1. The highest BCUT2D eigenvalue weighted by Crippen LogP contribution is 2.15. The normalized spacial score (nSPS) is 18.0. The molecular weight excluding hydrogens is 178 g/mol. The Morgan fingerprint density at radius 1 is 1.29 bits per heavy atom. The largest absolute Gasteiger partial charge is 0.394 e. The van der Waals surface area contributed by atoms with Gasteiger partial charge in [-0.3, -0.25) is 0 Å². The minimum Gasteiger partial charge on any atom is -0.394 e. The fourth-order valence-corrected chi connectivity index (χ4v) is 1.59. The van der Waals surface area contributed by atoms with E-state index in [-0.39, 0.29) is 0 Å². The number of nitrogens with one attached hydrogen (secondary N) is 1. The van der Waals surface area contributed by atoms with Crippen LogP contribution in [0, 0.1) is 0 Å². The Morgan fingerprint density at radius 3 is 2.79 bits per heavy atom. The molecule has 1 aliphatic rings. The van der Waals surface area contributed by atoms with Crippen molar-refractivity contribution in [1.29, 1.82) is 0 Å². The zero-order valence-corrected chi connectivity index (χ0v) is 8.11. The fraction of sp³-hybridized carbons (Fsp3) is 0.556. The van der Waals surface area contributed by atoms with E-state index >= 15 is 0 Å². The molecule has 1 saturated heterocycles. The summed E-state index contributed by atoms with van der Waals surface area (Å²) in [6, 6.07) is 0. The second-order valence-electron chi connectivity index (χ2n) is 3.49. The van der Waals surface area contributed by atoms with Gasteiger partial charge in [0.15, 0.2) is 5.82 Å². The number of hydrogen-bond donors (Lipinski definition) is 2. The zero-order valence-electron chi connectivity index (χ0n) is 8.11. The number of nitrogens with zero attached hydrogens (tertiary/aromatic N) is 3. The molecule has 14 heavy (non-hydrogen) atoms. The molecule has 76 valence electrons. The van der Waals surface area contributed by atoms with E-state index in [9.17, 15) is 0 Å². The monoisotopic (exact) mass is 193 g/mol. The molecule has 0 radical (unpaired) electrons. The first kappa shape index (κ1) is 9.21. The molecule has 1 aromatic rings. The third-order valence-corrected chi connectivity index (χ3v) is 2.36. The molecule has 0 bridgehead atoms. The summed E-state index contributed by atoms with van der Waals surface area (Å²) in [4.78, 5) is 7.93. The Balaban J connectivity index is 1.99. The molecule has 3 N–H and O–H groups in total. The van der Waals surface area contributed by atoms with Crippen molar-refractivity contribution >= 4 is 11.5 Å². The van der Waals surface area contributed by atoms with Crippen molar-refractivity contribution in [2.24, 2.45) is 0 Å². The van der Waals surface area contributed by atoms with Crippen molar-refractivity contribution in [2.75, 3.05) is 24.2 Å². The van der Waals surface area contributed by atoms with Gasteiger partial charge < -0.3 is 11.2 Å². The van der Waals surface area contributed by atoms with Gasteiger partial charge in [0.2, 0.25) is 0 Å². The lowest BCUT2D eigenvalue weighted by atomic mass is 10.2. The van der Waals surface area contributed by atoms with Crippen LogP contribution in [0.15, 0.2) is 12.5 Å². The van der Waals surface area contributed by atoms with E-state index in [4.69, 9.17) is 5.73 Å². The van der Waals surface area contributed by atoms with Crippen LogP contribution in [0.1, 0.15) is 19.3 Å². The second kappa shape index (κ2) is 4.23. The smallest absolute Gasteiger partial charge is 0.167 e. The minimum absolute atomic E-state index is 0.595. The highest BCUT2D eigenvalue weighted by molar-refractivity contribution is 5.58. The molecule has 1 fully saturated rings. The Labute approximate surface area is 83.3 Å². The van der Waals surface area contributed by atoms with Crippen molar-refractivity contribution in [2.45, 2.75) is 19.3 Å². The molecule has 0 spiro atoms. The van der Waals surface area contributed by atoms with E-state index in [0.717, 1.165) is 13.1 Å². The number of rotatable bonds is 2. The first-order valence-electron chi connectivity index (χ1n) is 4.93. The number of nitrogens with two attached hydrogens (primary N) is 1. The molecule has 0 amide bonds. The van der Waals surface area contributed by atoms with Crippen LogP contribution in [0.5, 0.6) is 0 Å². The second-order valence-corrected chi connectivity index (χ2v) is 3.49. The molecule has 0 unspecified atom stereocenters. The highest BCUT2D eigenvalue weighted by Gasteiger charge is 2.11. The third-order valence-electron chi connectivity index (χ3n) is 2.36. The van der Waals surface area contributed by atoms with Crippen molar-refractivity contribution in [3.63, 3.8) is 0 Å². The van der Waals surface area contributed by atoms with Crippen LogP contribution >= 0.6 is 0 Å². The van der Waals surface area contributed by atoms with Gasteiger partial charge >= 0.3 is 0 Å². The molecule has 2 heterocycles. The van der Waals surface area contributed by atoms with Gasteiger partial charge in [0, 0.05) is 13.1 Å². The number of nitrogen functional groups attached to an aromatic ring is 1. The van der Waals surface area contributed by atoms with Gasteiger partial charge in [0.05, 0.1) is 11.9 Å². The van der Waals surface area contributed by atoms with Crippen LogP contribution in [0.25, 0.3) is 0 Å². The molecule has 0 saturated carbocycles. The van der Waals surface area contributed by atoms with Crippen LogP contribution in [0.4, 0.5) is 11.5 Å². The van der Waals surface area contributed by atoms with E-state index in [1.165, 1.54) is 25.6 Å². The number of piperidine rings is 1. The summed E-state index contributed by atoms with van der Waals surface area (Å²) in [7, 11) is 0. The average Bonchev–Trinajstić information content (AvgIpc) is 2.23. The van der Waals surface area contributed by atoms with Crippen molar-refractivity contribution in [3.8, 4) is 0 Å². The Morgan fingerprint density at radius 2 is 2.07 bits per heavy atom. The fourth-order valence-electron chi connectivity index (χ4n) is 1.59. The van der Waals surface area contributed by atoms with Crippen LogP contribution in [0.3, 0.4) is 0 Å². The quantitative estimate of drug-likeness (QED) is 0.729. The maximum Gasteiger partial charge on any atom is 0.167 e. The van der Waals surface area contributed by atoms with Crippen LogP contribution in [-0.4, -0.2) is 28.1 Å². The summed E-state index contributed by atoms with van der Waals surface area (Å²) >= 11 is 0. The van der Waals surface area contributed by atoms with Gasteiger partial charge in [-0.05, 0) is 12.8 Å². The first-order valence-corrected chi connectivity index (χ1v) is 4.93. The minimum atomic E-state index is 0.595. The maximum absolute atomic E-state index is 5.72. The lowest BCUT2D eigenvalue weighted by molar-refractivity contribution is 0.272. The number of aromatic nitrogens is 2. The van der Waals surface area contributed by atoms with Gasteiger partial charge in [-0.25, -0.2) is 15.0 Å². The summed E-state index contributed by atoms with van der Waals surface area (Å²) in [5.74, 6) is 0.710. The van der Waals surface area contributed by atoms with Gasteiger partial charge in [0.1, 0.15) is 6.33 Å². The molecule has 5 nitrogen and oxygen atoms in total. The van der Waals surface area contributed by atoms with E-state index in [1.807, 2.05) is 0 Å². The molecule has 1 aromatic heterocycles. The van der Waals surface area contributed by atoms with Gasteiger partial charge in [-0.2, -0.15) is 0 Å². The summed E-state index contributed by atoms with van der Waals surface area (Å²) in [5.41, 5.74) is 9.53. The number of hydrogen-bond acceptors (Lipinski definition) is 5. The Bertz CT molecular complexity index is 295. The molecule has 5 heteroatoms. The van der Waals surface area contributed by atoms with Crippen LogP contribution in [-0.2, 0) is 0 Å². The van der Waals surface area contributed by atoms with Gasteiger partial charge in [0.25, 0.3) is 0 Å². The topological polar surface area (TPSA) is 67.1 Å². The Hall–Kier alpha value is -1.36. The summed E-state index contributed by atoms with van der Waals surface area (Å²) in [6.45, 7) is 2.12. The van der Waals surface area contributed by atoms with E-state index in [1.54, 1.807) is 6.20 Å². The molecule has 1 aliphatic heterocycles. The summed E-state index contributed by atoms with van der Waals surface area (Å²) in [5, 5.41) is 2.15. The zero-order chi connectivity index (χ0) is 9.80. The summed E-state index contributed by atoms with van der Waals surface area (Å²) in [6.07, 6.45) is 6.90. The van der Waals surface area contributed by atoms with Crippen molar-refractivity contribution in [1.82, 2.24) is 15.0 Å². The lowest BCUT2D eigenvalue weighted by Crippen LogP contribution is -2.35.